The first-order chi connectivity index (χ1) is 11.2. The average Bonchev–Trinajstić information content (AvgIpc) is 3.15. The van der Waals surface area contributed by atoms with Gasteiger partial charge in [0.15, 0.2) is 5.13 Å². The molecular weight excluding hydrogens is 376 g/mol. The number of carbonyl (C=O) groups is 1. The molecule has 1 aliphatic rings. The highest BCUT2D eigenvalue weighted by Crippen LogP contribution is 2.33. The van der Waals surface area contributed by atoms with Gasteiger partial charge in [-0.05, 0) is 18.2 Å². The summed E-state index contributed by atoms with van der Waals surface area (Å²) in [5.74, 6) is -0.303. The third-order valence-corrected chi connectivity index (χ3v) is 4.89. The van der Waals surface area contributed by atoms with Crippen LogP contribution in [0.2, 0.25) is 0 Å². The summed E-state index contributed by atoms with van der Waals surface area (Å²) in [6.45, 7) is 0. The highest BCUT2D eigenvalue weighted by atomic mass is 79.9. The molecule has 1 aliphatic heterocycles. The van der Waals surface area contributed by atoms with Crippen molar-refractivity contribution in [1.82, 2.24) is 4.98 Å². The SMILES string of the molecule is O=C1O[C@H](Nc2nc(-c3ccc(Br)cc3)cs2)c2ccccc21. The van der Waals surface area contributed by atoms with Gasteiger partial charge in [-0.15, -0.1) is 11.3 Å². The molecule has 6 heteroatoms. The summed E-state index contributed by atoms with van der Waals surface area (Å²) in [4.78, 5) is 16.4. The molecule has 0 spiro atoms. The maximum atomic E-state index is 11.8. The molecule has 0 radical (unpaired) electrons. The maximum absolute atomic E-state index is 11.8. The number of thiazole rings is 1. The van der Waals surface area contributed by atoms with Crippen molar-refractivity contribution in [1.29, 1.82) is 0 Å². The Morgan fingerprint density at radius 1 is 1.13 bits per heavy atom. The van der Waals surface area contributed by atoms with Crippen LogP contribution in [-0.2, 0) is 4.74 Å². The largest absolute Gasteiger partial charge is 0.434 e. The van der Waals surface area contributed by atoms with E-state index in [4.69, 9.17) is 4.74 Å². The van der Waals surface area contributed by atoms with E-state index < -0.39 is 6.23 Å². The molecule has 0 amide bonds. The quantitative estimate of drug-likeness (QED) is 0.653. The van der Waals surface area contributed by atoms with Crippen LogP contribution in [0.1, 0.15) is 22.1 Å². The zero-order valence-corrected chi connectivity index (χ0v) is 14.2. The second-order valence-corrected chi connectivity index (χ2v) is 6.84. The van der Waals surface area contributed by atoms with E-state index in [1.54, 1.807) is 6.07 Å². The van der Waals surface area contributed by atoms with Gasteiger partial charge in [0.25, 0.3) is 0 Å². The van der Waals surface area contributed by atoms with Crippen LogP contribution in [0, 0.1) is 0 Å². The van der Waals surface area contributed by atoms with Crippen molar-refractivity contribution in [2.45, 2.75) is 6.23 Å². The van der Waals surface area contributed by atoms with Crippen molar-refractivity contribution in [2.24, 2.45) is 0 Å². The lowest BCUT2D eigenvalue weighted by atomic mass is 10.1. The fourth-order valence-corrected chi connectivity index (χ4v) is 3.46. The standard InChI is InChI=1S/C17H11BrN2O2S/c18-11-7-5-10(6-8-11)14-9-23-17(19-14)20-15-12-3-1-2-4-13(12)16(21)22-15/h1-9,15H,(H,19,20)/t15-/m0/s1. The third-order valence-electron chi connectivity index (χ3n) is 3.59. The molecule has 23 heavy (non-hydrogen) atoms. The molecule has 0 unspecified atom stereocenters. The number of ether oxygens (including phenoxy) is 1. The predicted molar refractivity (Wildman–Crippen MR) is 93.5 cm³/mol. The van der Waals surface area contributed by atoms with Crippen molar-refractivity contribution >= 4 is 38.4 Å². The van der Waals surface area contributed by atoms with E-state index >= 15 is 0 Å². The average molecular weight is 387 g/mol. The molecule has 4 nitrogen and oxygen atoms in total. The van der Waals surface area contributed by atoms with Gasteiger partial charge >= 0.3 is 5.97 Å². The first-order valence-corrected chi connectivity index (χ1v) is 8.66. The van der Waals surface area contributed by atoms with Crippen molar-refractivity contribution in [3.8, 4) is 11.3 Å². The lowest BCUT2D eigenvalue weighted by Crippen LogP contribution is -2.09. The Kier molecular flexibility index (Phi) is 3.63. The van der Waals surface area contributed by atoms with Gasteiger partial charge < -0.3 is 10.1 Å². The summed E-state index contributed by atoms with van der Waals surface area (Å²) in [6.07, 6.45) is -0.484. The van der Waals surface area contributed by atoms with Gasteiger partial charge in [-0.3, -0.25) is 0 Å². The van der Waals surface area contributed by atoms with Crippen molar-refractivity contribution in [3.63, 3.8) is 0 Å². The molecule has 2 heterocycles. The fourth-order valence-electron chi connectivity index (χ4n) is 2.46. The topological polar surface area (TPSA) is 51.2 Å². The molecule has 1 aromatic heterocycles. The number of aromatic nitrogens is 1. The second-order valence-electron chi connectivity index (χ2n) is 5.06. The van der Waals surface area contributed by atoms with Crippen LogP contribution in [-0.4, -0.2) is 11.0 Å². The Balaban J connectivity index is 1.57. The van der Waals surface area contributed by atoms with Gasteiger partial charge in [0.2, 0.25) is 6.23 Å². The van der Waals surface area contributed by atoms with Gasteiger partial charge in [0.05, 0.1) is 11.3 Å². The number of benzene rings is 2. The van der Waals surface area contributed by atoms with Crippen LogP contribution in [0.15, 0.2) is 58.4 Å². The number of nitrogens with one attached hydrogen (secondary N) is 1. The Morgan fingerprint density at radius 3 is 2.74 bits per heavy atom. The van der Waals surface area contributed by atoms with Crippen LogP contribution < -0.4 is 5.32 Å². The van der Waals surface area contributed by atoms with Gasteiger partial charge in [0.1, 0.15) is 0 Å². The summed E-state index contributed by atoms with van der Waals surface area (Å²) in [7, 11) is 0. The van der Waals surface area contributed by atoms with Crippen molar-refractivity contribution in [2.75, 3.05) is 5.32 Å². The second kappa shape index (κ2) is 5.79. The Hall–Kier alpha value is -2.18. The minimum atomic E-state index is -0.484. The molecule has 1 N–H and O–H groups in total. The summed E-state index contributed by atoms with van der Waals surface area (Å²) >= 11 is 4.91. The van der Waals surface area contributed by atoms with Gasteiger partial charge in [-0.2, -0.15) is 0 Å². The summed E-state index contributed by atoms with van der Waals surface area (Å²) < 4.78 is 6.41. The van der Waals surface area contributed by atoms with Crippen LogP contribution in [0.5, 0.6) is 0 Å². The summed E-state index contributed by atoms with van der Waals surface area (Å²) in [6, 6.07) is 15.4. The predicted octanol–water partition coefficient (Wildman–Crippen LogP) is 4.85. The number of rotatable bonds is 3. The Labute approximate surface area is 145 Å². The molecule has 0 aliphatic carbocycles. The minimum absolute atomic E-state index is 0.303. The van der Waals surface area contributed by atoms with Crippen LogP contribution in [0.25, 0.3) is 11.3 Å². The van der Waals surface area contributed by atoms with Crippen molar-refractivity contribution in [3.05, 3.63) is 69.5 Å². The zero-order valence-electron chi connectivity index (χ0n) is 11.8. The fraction of sp³-hybridized carbons (Fsp3) is 0.0588. The number of halogens is 1. The first kappa shape index (κ1) is 14.4. The lowest BCUT2D eigenvalue weighted by Gasteiger charge is -2.11. The van der Waals surface area contributed by atoms with Crippen LogP contribution in [0.4, 0.5) is 5.13 Å². The number of esters is 1. The first-order valence-electron chi connectivity index (χ1n) is 6.98. The van der Waals surface area contributed by atoms with Crippen LogP contribution in [0.3, 0.4) is 0 Å². The number of nitrogens with zero attached hydrogens (tertiary/aromatic N) is 1. The molecule has 0 saturated carbocycles. The Morgan fingerprint density at radius 2 is 1.91 bits per heavy atom. The third kappa shape index (κ3) is 2.75. The molecule has 3 aromatic rings. The van der Waals surface area contributed by atoms with E-state index in [1.165, 1.54) is 11.3 Å². The minimum Gasteiger partial charge on any atom is -0.434 e. The molecule has 1 atom stereocenters. The molecule has 0 fully saturated rings. The summed E-state index contributed by atoms with van der Waals surface area (Å²) in [5, 5.41) is 5.88. The molecule has 0 saturated heterocycles. The molecule has 0 bridgehead atoms. The van der Waals surface area contributed by atoms with Gasteiger partial charge in [0, 0.05) is 21.0 Å². The Bertz CT molecular complexity index is 876. The van der Waals surface area contributed by atoms with E-state index in [1.807, 2.05) is 47.8 Å². The summed E-state index contributed by atoms with van der Waals surface area (Å²) in [5.41, 5.74) is 3.39. The normalized spacial score (nSPS) is 16.0. The number of cyclic esters (lactones) is 1. The van der Waals surface area contributed by atoms with E-state index in [9.17, 15) is 4.79 Å². The number of hydrogen-bond donors (Lipinski definition) is 1. The number of hydrogen-bond acceptors (Lipinski definition) is 5. The van der Waals surface area contributed by atoms with Crippen molar-refractivity contribution < 1.29 is 9.53 Å². The van der Waals surface area contributed by atoms with E-state index in [0.717, 1.165) is 26.4 Å². The van der Waals surface area contributed by atoms with Crippen LogP contribution >= 0.6 is 27.3 Å². The number of carbonyl (C=O) groups excluding carboxylic acids is 1. The van der Waals surface area contributed by atoms with E-state index in [0.29, 0.717) is 5.56 Å². The number of fused-ring (bicyclic) bond motifs is 1. The molecule has 114 valence electrons. The lowest BCUT2D eigenvalue weighted by molar-refractivity contribution is 0.0437. The highest BCUT2D eigenvalue weighted by molar-refractivity contribution is 9.10. The monoisotopic (exact) mass is 386 g/mol. The molecule has 4 rings (SSSR count). The van der Waals surface area contributed by atoms with Gasteiger partial charge in [-0.1, -0.05) is 46.3 Å². The smallest absolute Gasteiger partial charge is 0.340 e. The molecule has 2 aromatic carbocycles. The highest BCUT2D eigenvalue weighted by Gasteiger charge is 2.30. The maximum Gasteiger partial charge on any atom is 0.340 e. The van der Waals surface area contributed by atoms with E-state index in [2.05, 4.69) is 26.2 Å². The van der Waals surface area contributed by atoms with E-state index in [-0.39, 0.29) is 5.97 Å². The molecular formula is C17H11BrN2O2S. The zero-order chi connectivity index (χ0) is 15.8. The number of anilines is 1. The van der Waals surface area contributed by atoms with Gasteiger partial charge in [-0.25, -0.2) is 9.78 Å².